The van der Waals surface area contributed by atoms with Crippen LogP contribution in [0.4, 0.5) is 17.1 Å². The molecule has 6 heteroatoms. The zero-order valence-electron chi connectivity index (χ0n) is 12.2. The van der Waals surface area contributed by atoms with Crippen LogP contribution >= 0.6 is 0 Å². The second-order valence-electron chi connectivity index (χ2n) is 5.93. The van der Waals surface area contributed by atoms with Crippen LogP contribution in [0, 0.1) is 22.0 Å². The Balaban J connectivity index is 1.92. The maximum atomic E-state index is 11.5. The first kappa shape index (κ1) is 14.1. The number of nitrogens with zero attached hydrogens (tertiary/aromatic N) is 2. The molecule has 6 nitrogen and oxygen atoms in total. The van der Waals surface area contributed by atoms with Gasteiger partial charge >= 0.3 is 5.69 Å². The lowest BCUT2D eigenvalue weighted by molar-refractivity contribution is -0.383. The topological polar surface area (TPSA) is 78.6 Å². The second-order valence-corrected chi connectivity index (χ2v) is 5.93. The van der Waals surface area contributed by atoms with E-state index in [9.17, 15) is 15.2 Å². The number of nitrogens with one attached hydrogen (secondary N) is 1. The van der Waals surface area contributed by atoms with Gasteiger partial charge in [-0.25, -0.2) is 0 Å². The minimum atomic E-state index is -0.308. The molecule has 3 atom stereocenters. The smallest absolute Gasteiger partial charge is 0.315 e. The average molecular weight is 291 g/mol. The number of nitro benzene ring substituents is 1. The molecule has 114 valence electrons. The molecule has 2 aliphatic rings. The Hall–Kier alpha value is -1.82. The van der Waals surface area contributed by atoms with Gasteiger partial charge < -0.3 is 15.3 Å². The summed E-state index contributed by atoms with van der Waals surface area (Å²) in [5.74, 6) is 0.717. The standard InChI is InChI=1S/C15H21N3O3/c1-2-16-12-4-3-5-13(15(12)18(20)21)17-8-10-6-7-14(19)11(10)9-17/h3-5,10-11,14,16,19H,2,6-9H2,1H3. The molecular formula is C15H21N3O3. The highest BCUT2D eigenvalue weighted by atomic mass is 16.6. The summed E-state index contributed by atoms with van der Waals surface area (Å²) < 4.78 is 0. The maximum absolute atomic E-state index is 11.5. The molecule has 2 fully saturated rings. The van der Waals surface area contributed by atoms with Crippen LogP contribution in [0.15, 0.2) is 18.2 Å². The van der Waals surface area contributed by atoms with Gasteiger partial charge in [-0.3, -0.25) is 10.1 Å². The molecule has 0 aromatic heterocycles. The number of benzene rings is 1. The number of rotatable bonds is 4. The van der Waals surface area contributed by atoms with Crippen molar-refractivity contribution in [2.75, 3.05) is 29.9 Å². The number of hydrogen-bond donors (Lipinski definition) is 2. The van der Waals surface area contributed by atoms with E-state index < -0.39 is 0 Å². The maximum Gasteiger partial charge on any atom is 0.315 e. The van der Waals surface area contributed by atoms with Crippen molar-refractivity contribution >= 4 is 17.1 Å². The number of fused-ring (bicyclic) bond motifs is 1. The fraction of sp³-hybridized carbons (Fsp3) is 0.600. The van der Waals surface area contributed by atoms with E-state index in [2.05, 4.69) is 10.2 Å². The zero-order valence-corrected chi connectivity index (χ0v) is 12.2. The van der Waals surface area contributed by atoms with Gasteiger partial charge in [-0.1, -0.05) is 6.07 Å². The van der Waals surface area contributed by atoms with Crippen LogP contribution in [0.3, 0.4) is 0 Å². The second kappa shape index (κ2) is 5.52. The van der Waals surface area contributed by atoms with Crippen LogP contribution in [-0.4, -0.2) is 35.8 Å². The van der Waals surface area contributed by atoms with E-state index in [1.165, 1.54) is 0 Å². The number of hydrogen-bond acceptors (Lipinski definition) is 5. The van der Waals surface area contributed by atoms with Gasteiger partial charge in [0.15, 0.2) is 0 Å². The molecule has 3 unspecified atom stereocenters. The van der Waals surface area contributed by atoms with Crippen molar-refractivity contribution in [2.24, 2.45) is 11.8 Å². The lowest BCUT2D eigenvalue weighted by Crippen LogP contribution is -2.25. The summed E-state index contributed by atoms with van der Waals surface area (Å²) in [7, 11) is 0. The molecule has 1 saturated heterocycles. The molecule has 1 aromatic carbocycles. The Bertz CT molecular complexity index is 549. The van der Waals surface area contributed by atoms with Gasteiger partial charge in [-0.15, -0.1) is 0 Å². The summed E-state index contributed by atoms with van der Waals surface area (Å²) in [5, 5.41) is 24.5. The Kier molecular flexibility index (Phi) is 3.71. The summed E-state index contributed by atoms with van der Waals surface area (Å²) >= 11 is 0. The molecule has 0 spiro atoms. The van der Waals surface area contributed by atoms with E-state index in [4.69, 9.17) is 0 Å². The van der Waals surface area contributed by atoms with Crippen molar-refractivity contribution < 1.29 is 10.0 Å². The summed E-state index contributed by atoms with van der Waals surface area (Å²) in [6.45, 7) is 4.08. The fourth-order valence-electron chi connectivity index (χ4n) is 3.74. The van der Waals surface area contributed by atoms with Gasteiger partial charge in [0.2, 0.25) is 0 Å². The van der Waals surface area contributed by atoms with Gasteiger partial charge in [-0.05, 0) is 37.8 Å². The Labute approximate surface area is 123 Å². The van der Waals surface area contributed by atoms with Crippen molar-refractivity contribution in [3.63, 3.8) is 0 Å². The molecule has 3 rings (SSSR count). The van der Waals surface area contributed by atoms with Crippen molar-refractivity contribution in [1.82, 2.24) is 0 Å². The van der Waals surface area contributed by atoms with E-state index in [0.717, 1.165) is 19.4 Å². The van der Waals surface area contributed by atoms with E-state index in [1.54, 1.807) is 6.07 Å². The van der Waals surface area contributed by atoms with Crippen LogP contribution < -0.4 is 10.2 Å². The van der Waals surface area contributed by atoms with E-state index in [0.29, 0.717) is 30.4 Å². The third-order valence-electron chi connectivity index (χ3n) is 4.72. The quantitative estimate of drug-likeness (QED) is 0.657. The molecule has 2 N–H and O–H groups in total. The number of para-hydroxylation sites is 1. The molecule has 1 heterocycles. The predicted molar refractivity (Wildman–Crippen MR) is 81.7 cm³/mol. The molecule has 0 radical (unpaired) electrons. The molecule has 1 aromatic rings. The van der Waals surface area contributed by atoms with Crippen LogP contribution in [0.5, 0.6) is 0 Å². The summed E-state index contributed by atoms with van der Waals surface area (Å²) in [6, 6.07) is 5.41. The third-order valence-corrected chi connectivity index (χ3v) is 4.72. The minimum Gasteiger partial charge on any atom is -0.393 e. The third kappa shape index (κ3) is 2.44. The molecule has 0 amide bonds. The van der Waals surface area contributed by atoms with E-state index >= 15 is 0 Å². The van der Waals surface area contributed by atoms with Crippen LogP contribution in [0.2, 0.25) is 0 Å². The first-order chi connectivity index (χ1) is 10.1. The molecule has 1 saturated carbocycles. The fourth-order valence-corrected chi connectivity index (χ4v) is 3.74. The first-order valence-electron chi connectivity index (χ1n) is 7.56. The molecule has 21 heavy (non-hydrogen) atoms. The zero-order chi connectivity index (χ0) is 15.0. The monoisotopic (exact) mass is 291 g/mol. The van der Waals surface area contributed by atoms with E-state index in [-0.39, 0.29) is 22.6 Å². The highest BCUT2D eigenvalue weighted by Crippen LogP contribution is 2.43. The van der Waals surface area contributed by atoms with Gasteiger partial charge in [-0.2, -0.15) is 0 Å². The van der Waals surface area contributed by atoms with Crippen molar-refractivity contribution in [1.29, 1.82) is 0 Å². The van der Waals surface area contributed by atoms with Crippen LogP contribution in [0.1, 0.15) is 19.8 Å². The number of anilines is 2. The largest absolute Gasteiger partial charge is 0.393 e. The SMILES string of the molecule is CCNc1cccc(N2CC3CCC(O)C3C2)c1[N+](=O)[O-]. The normalized spacial score (nSPS) is 27.7. The van der Waals surface area contributed by atoms with Gasteiger partial charge in [0.1, 0.15) is 11.4 Å². The lowest BCUT2D eigenvalue weighted by atomic mass is 10.00. The highest BCUT2D eigenvalue weighted by molar-refractivity contribution is 5.77. The number of aliphatic hydroxyl groups is 1. The first-order valence-corrected chi connectivity index (χ1v) is 7.56. The van der Waals surface area contributed by atoms with Crippen molar-refractivity contribution in [3.05, 3.63) is 28.3 Å². The minimum absolute atomic E-state index is 0.147. The van der Waals surface area contributed by atoms with Gasteiger partial charge in [0, 0.05) is 25.6 Å². The average Bonchev–Trinajstić information content (AvgIpc) is 3.01. The predicted octanol–water partition coefficient (Wildman–Crippen LogP) is 2.23. The Morgan fingerprint density at radius 1 is 1.43 bits per heavy atom. The van der Waals surface area contributed by atoms with Crippen LogP contribution in [0.25, 0.3) is 0 Å². The summed E-state index contributed by atoms with van der Waals surface area (Å²) in [6.07, 6.45) is 1.63. The molecule has 1 aliphatic carbocycles. The van der Waals surface area contributed by atoms with Gasteiger partial charge in [0.25, 0.3) is 0 Å². The number of nitro groups is 1. The van der Waals surface area contributed by atoms with Crippen molar-refractivity contribution in [3.8, 4) is 0 Å². The van der Waals surface area contributed by atoms with Crippen molar-refractivity contribution in [2.45, 2.75) is 25.9 Å². The Morgan fingerprint density at radius 2 is 2.24 bits per heavy atom. The molecule has 1 aliphatic heterocycles. The highest BCUT2D eigenvalue weighted by Gasteiger charge is 2.43. The lowest BCUT2D eigenvalue weighted by Gasteiger charge is -2.21. The summed E-state index contributed by atoms with van der Waals surface area (Å²) in [5.41, 5.74) is 1.38. The van der Waals surface area contributed by atoms with Crippen LogP contribution in [-0.2, 0) is 0 Å². The number of aliphatic hydroxyl groups excluding tert-OH is 1. The molecular weight excluding hydrogens is 270 g/mol. The molecule has 0 bridgehead atoms. The Morgan fingerprint density at radius 3 is 2.90 bits per heavy atom. The summed E-state index contributed by atoms with van der Waals surface area (Å²) in [4.78, 5) is 13.2. The van der Waals surface area contributed by atoms with E-state index in [1.807, 2.05) is 19.1 Å². The van der Waals surface area contributed by atoms with Gasteiger partial charge in [0.05, 0.1) is 11.0 Å².